The van der Waals surface area contributed by atoms with E-state index in [1.165, 1.54) is 21.8 Å². The summed E-state index contributed by atoms with van der Waals surface area (Å²) < 4.78 is 15.6. The quantitative estimate of drug-likeness (QED) is 0.183. The number of anilines is 3. The normalized spacial score (nSPS) is 11.8. The molecule has 0 radical (unpaired) electrons. The van der Waals surface area contributed by atoms with Crippen molar-refractivity contribution >= 4 is 82.7 Å². The average Bonchev–Trinajstić information content (AvgIpc) is 3.89. The molecule has 0 aliphatic carbocycles. The van der Waals surface area contributed by atoms with E-state index in [0.717, 1.165) is 77.8 Å². The number of hydrogen-bond donors (Lipinski definition) is 0. The van der Waals surface area contributed by atoms with Crippen LogP contribution in [-0.2, 0) is 0 Å². The van der Waals surface area contributed by atoms with Crippen molar-refractivity contribution < 1.29 is 8.83 Å². The lowest BCUT2D eigenvalue weighted by Crippen LogP contribution is -2.11. The molecular formula is C48H30N2O2. The molecule has 0 atom stereocenters. The van der Waals surface area contributed by atoms with Gasteiger partial charge in [-0.25, -0.2) is 0 Å². The molecule has 0 N–H and O–H groups in total. The Bertz CT molecular complexity index is 3090. The largest absolute Gasteiger partial charge is 0.456 e. The minimum Gasteiger partial charge on any atom is -0.456 e. The van der Waals surface area contributed by atoms with Crippen LogP contribution >= 0.6 is 0 Å². The Morgan fingerprint density at radius 2 is 0.981 bits per heavy atom. The van der Waals surface area contributed by atoms with Crippen molar-refractivity contribution in [2.45, 2.75) is 0 Å². The van der Waals surface area contributed by atoms with E-state index in [1.54, 1.807) is 0 Å². The molecule has 0 fully saturated rings. The van der Waals surface area contributed by atoms with Crippen LogP contribution in [0.5, 0.6) is 0 Å². The molecule has 11 rings (SSSR count). The molecule has 11 aromatic rings. The number of hydrogen-bond acceptors (Lipinski definition) is 3. The molecule has 52 heavy (non-hydrogen) atoms. The molecule has 4 heteroatoms. The summed E-state index contributed by atoms with van der Waals surface area (Å²) in [5.74, 6) is 0. The van der Waals surface area contributed by atoms with Gasteiger partial charge in [0.25, 0.3) is 0 Å². The summed E-state index contributed by atoms with van der Waals surface area (Å²) in [5.41, 5.74) is 12.1. The molecular weight excluding hydrogens is 637 g/mol. The number of para-hydroxylation sites is 4. The van der Waals surface area contributed by atoms with Crippen LogP contribution in [0.15, 0.2) is 191 Å². The Kier molecular flexibility index (Phi) is 6.22. The molecule has 4 nitrogen and oxygen atoms in total. The van der Waals surface area contributed by atoms with Gasteiger partial charge in [0, 0.05) is 38.5 Å². The summed E-state index contributed by atoms with van der Waals surface area (Å²) in [6.45, 7) is 0. The minimum absolute atomic E-state index is 0.844. The van der Waals surface area contributed by atoms with Gasteiger partial charge in [0.1, 0.15) is 22.3 Å². The van der Waals surface area contributed by atoms with Crippen molar-refractivity contribution in [2.24, 2.45) is 0 Å². The van der Waals surface area contributed by atoms with Crippen LogP contribution in [0, 0.1) is 0 Å². The maximum Gasteiger partial charge on any atom is 0.145 e. The van der Waals surface area contributed by atoms with Crippen LogP contribution in [0.2, 0.25) is 0 Å². The molecule has 0 spiro atoms. The highest BCUT2D eigenvalue weighted by Gasteiger charge is 2.25. The number of furan rings is 2. The standard InChI is InChI=1S/C48H30N2O2/c1-2-14-31(15-3-1)34-28-29-42(47-38-21-7-11-26-44(38)52-48(34)47)50(41-24-13-27-45-46(41)37-20-6-10-25-43(37)51-45)33-17-12-16-32(30-33)49-39-22-8-4-18-35(39)36-19-5-9-23-40(36)49/h1-30H. The fourth-order valence-electron chi connectivity index (χ4n) is 8.16. The Labute approximate surface area is 299 Å². The maximum absolute atomic E-state index is 6.77. The lowest BCUT2D eigenvalue weighted by Gasteiger charge is -2.28. The number of fused-ring (bicyclic) bond motifs is 9. The van der Waals surface area contributed by atoms with Crippen molar-refractivity contribution in [3.8, 4) is 16.8 Å². The zero-order valence-corrected chi connectivity index (χ0v) is 28.0. The second-order valence-corrected chi connectivity index (χ2v) is 13.3. The van der Waals surface area contributed by atoms with E-state index >= 15 is 0 Å². The topological polar surface area (TPSA) is 34.5 Å². The third-order valence-electron chi connectivity index (χ3n) is 10.4. The van der Waals surface area contributed by atoms with Crippen molar-refractivity contribution in [2.75, 3.05) is 4.90 Å². The summed E-state index contributed by atoms with van der Waals surface area (Å²) in [7, 11) is 0. The number of aromatic nitrogens is 1. The van der Waals surface area contributed by atoms with E-state index < -0.39 is 0 Å². The van der Waals surface area contributed by atoms with Gasteiger partial charge < -0.3 is 18.3 Å². The Balaban J connectivity index is 1.25. The highest BCUT2D eigenvalue weighted by atomic mass is 16.3. The Morgan fingerprint density at radius 3 is 1.73 bits per heavy atom. The first-order valence-corrected chi connectivity index (χ1v) is 17.6. The monoisotopic (exact) mass is 666 g/mol. The van der Waals surface area contributed by atoms with E-state index in [1.807, 2.05) is 18.2 Å². The zero-order valence-electron chi connectivity index (χ0n) is 28.0. The van der Waals surface area contributed by atoms with Gasteiger partial charge in [0.2, 0.25) is 0 Å². The maximum atomic E-state index is 6.77. The predicted molar refractivity (Wildman–Crippen MR) is 215 cm³/mol. The number of benzene rings is 8. The second kappa shape index (κ2) is 11.2. The van der Waals surface area contributed by atoms with Crippen LogP contribution in [0.3, 0.4) is 0 Å². The van der Waals surface area contributed by atoms with E-state index in [9.17, 15) is 0 Å². The van der Waals surface area contributed by atoms with E-state index in [4.69, 9.17) is 8.83 Å². The van der Waals surface area contributed by atoms with E-state index in [-0.39, 0.29) is 0 Å². The van der Waals surface area contributed by atoms with Gasteiger partial charge in [0.05, 0.1) is 33.2 Å². The molecule has 0 amide bonds. The van der Waals surface area contributed by atoms with Crippen LogP contribution in [-0.4, -0.2) is 4.57 Å². The lowest BCUT2D eigenvalue weighted by atomic mass is 9.99. The summed E-state index contributed by atoms with van der Waals surface area (Å²) >= 11 is 0. The minimum atomic E-state index is 0.844. The number of nitrogens with zero attached hydrogens (tertiary/aromatic N) is 2. The SMILES string of the molecule is c1ccc(-c2ccc(N(c3cccc(-n4c5ccccc5c5ccccc54)c3)c3cccc4oc5ccccc5c34)c3c2oc2ccccc23)cc1. The molecule has 3 aromatic heterocycles. The summed E-state index contributed by atoms with van der Waals surface area (Å²) in [5, 5.41) is 6.73. The summed E-state index contributed by atoms with van der Waals surface area (Å²) in [4.78, 5) is 2.39. The molecule has 8 aromatic carbocycles. The lowest BCUT2D eigenvalue weighted by molar-refractivity contribution is 0.669. The zero-order chi connectivity index (χ0) is 34.2. The van der Waals surface area contributed by atoms with Crippen LogP contribution in [0.1, 0.15) is 0 Å². The van der Waals surface area contributed by atoms with Crippen molar-refractivity contribution in [1.82, 2.24) is 4.57 Å². The van der Waals surface area contributed by atoms with Gasteiger partial charge >= 0.3 is 0 Å². The third kappa shape index (κ3) is 4.21. The average molecular weight is 667 g/mol. The first-order chi connectivity index (χ1) is 25.8. The number of rotatable bonds is 5. The fourth-order valence-corrected chi connectivity index (χ4v) is 8.16. The van der Waals surface area contributed by atoms with Gasteiger partial charge in [-0.1, -0.05) is 115 Å². The molecule has 0 saturated heterocycles. The molecule has 0 saturated carbocycles. The Morgan fingerprint density at radius 1 is 0.404 bits per heavy atom. The smallest absolute Gasteiger partial charge is 0.145 e. The van der Waals surface area contributed by atoms with Crippen LogP contribution < -0.4 is 4.90 Å². The molecule has 0 aliphatic rings. The highest BCUT2D eigenvalue weighted by Crippen LogP contribution is 2.49. The fraction of sp³-hybridized carbons (Fsp3) is 0. The van der Waals surface area contributed by atoms with E-state index in [2.05, 4.69) is 173 Å². The summed E-state index contributed by atoms with van der Waals surface area (Å²) in [6.07, 6.45) is 0. The van der Waals surface area contributed by atoms with Crippen molar-refractivity contribution in [3.63, 3.8) is 0 Å². The molecule has 244 valence electrons. The van der Waals surface area contributed by atoms with Gasteiger partial charge in [-0.15, -0.1) is 0 Å². The molecule has 0 aliphatic heterocycles. The van der Waals surface area contributed by atoms with Gasteiger partial charge in [0.15, 0.2) is 0 Å². The van der Waals surface area contributed by atoms with Crippen LogP contribution in [0.25, 0.3) is 82.5 Å². The molecule has 3 heterocycles. The van der Waals surface area contributed by atoms with Crippen molar-refractivity contribution in [1.29, 1.82) is 0 Å². The van der Waals surface area contributed by atoms with Crippen molar-refractivity contribution in [3.05, 3.63) is 182 Å². The molecule has 0 bridgehead atoms. The van der Waals surface area contributed by atoms with E-state index in [0.29, 0.717) is 0 Å². The van der Waals surface area contributed by atoms with Gasteiger partial charge in [-0.3, -0.25) is 0 Å². The first kappa shape index (κ1) is 28.8. The van der Waals surface area contributed by atoms with Gasteiger partial charge in [-0.2, -0.15) is 0 Å². The van der Waals surface area contributed by atoms with Gasteiger partial charge in [-0.05, 0) is 72.3 Å². The highest BCUT2D eigenvalue weighted by molar-refractivity contribution is 6.20. The Hall–Kier alpha value is -7.04. The summed E-state index contributed by atoms with van der Waals surface area (Å²) in [6, 6.07) is 64.2. The molecule has 0 unspecified atom stereocenters. The third-order valence-corrected chi connectivity index (χ3v) is 10.4. The second-order valence-electron chi connectivity index (χ2n) is 13.3. The van der Waals surface area contributed by atoms with Crippen LogP contribution in [0.4, 0.5) is 17.1 Å². The first-order valence-electron chi connectivity index (χ1n) is 17.6. The predicted octanol–water partition coefficient (Wildman–Crippen LogP) is 13.7.